The monoisotopic (exact) mass is 530 g/mol. The molecule has 1 aromatic heterocycles. The fourth-order valence-corrected chi connectivity index (χ4v) is 3.61. The number of aromatic nitrogens is 1. The molecular weight excluding hydrogens is 502 g/mol. The minimum atomic E-state index is -1.04. The lowest BCUT2D eigenvalue weighted by Crippen LogP contribution is -2.50. The van der Waals surface area contributed by atoms with Crippen molar-refractivity contribution >= 4 is 23.8 Å². The number of amides is 2. The quantitative estimate of drug-likeness (QED) is 0.260. The molecule has 0 fully saturated rings. The second kappa shape index (κ2) is 13.8. The zero-order valence-corrected chi connectivity index (χ0v) is 20.9. The number of hydrogen-bond acceptors (Lipinski definition) is 8. The Balaban J connectivity index is 1.64. The fourth-order valence-electron chi connectivity index (χ4n) is 3.61. The number of ether oxygens (including phenoxy) is 2. The first kappa shape index (κ1) is 28.3. The van der Waals surface area contributed by atoms with E-state index in [0.29, 0.717) is 12.2 Å². The summed E-state index contributed by atoms with van der Waals surface area (Å²) in [6, 6.07) is 13.7. The molecule has 0 aliphatic carbocycles. The van der Waals surface area contributed by atoms with Gasteiger partial charge in [0.1, 0.15) is 6.61 Å². The van der Waals surface area contributed by atoms with Gasteiger partial charge in [-0.1, -0.05) is 47.6 Å². The standard InChI is InChI=1S/C26H28F2N4O6/c1-17(33)32(29-15-19-10-6-12-21(27)25(19)28)20(11-7-13-24(34)36-2)16-37-26(35)30-23-14-22(38-31-23)18-8-4-3-5-9-18/h3-6,8-10,12,14,20,29H,7,11,13,15-16H2,1-2H3,(H,30,31,35)/t20-/m0/s1. The van der Waals surface area contributed by atoms with E-state index in [1.165, 1.54) is 37.2 Å². The molecule has 0 radical (unpaired) electrons. The molecule has 12 heteroatoms. The van der Waals surface area contributed by atoms with Gasteiger partial charge in [0.05, 0.1) is 13.2 Å². The molecular formula is C26H28F2N4O6. The van der Waals surface area contributed by atoms with Crippen LogP contribution in [0.2, 0.25) is 0 Å². The molecule has 0 aliphatic rings. The van der Waals surface area contributed by atoms with Crippen LogP contribution in [-0.2, 0) is 25.6 Å². The fraction of sp³-hybridized carbons (Fsp3) is 0.308. The van der Waals surface area contributed by atoms with E-state index < -0.39 is 35.6 Å². The number of rotatable bonds is 12. The largest absolute Gasteiger partial charge is 0.469 e. The number of anilines is 1. The third kappa shape index (κ3) is 8.10. The minimum Gasteiger partial charge on any atom is -0.469 e. The van der Waals surface area contributed by atoms with Gasteiger partial charge in [-0.05, 0) is 18.9 Å². The van der Waals surface area contributed by atoms with E-state index >= 15 is 0 Å². The van der Waals surface area contributed by atoms with Crippen molar-refractivity contribution in [3.05, 3.63) is 71.8 Å². The number of carbonyl (C=O) groups is 3. The average molecular weight is 531 g/mol. The van der Waals surface area contributed by atoms with Crippen LogP contribution in [0, 0.1) is 11.6 Å². The predicted octanol–water partition coefficient (Wildman–Crippen LogP) is 4.43. The molecule has 0 aliphatic heterocycles. The van der Waals surface area contributed by atoms with Gasteiger partial charge in [0.2, 0.25) is 5.91 Å². The zero-order chi connectivity index (χ0) is 27.5. The topological polar surface area (TPSA) is 123 Å². The zero-order valence-electron chi connectivity index (χ0n) is 20.9. The highest BCUT2D eigenvalue weighted by molar-refractivity contribution is 5.84. The number of halogens is 2. The van der Waals surface area contributed by atoms with Crippen molar-refractivity contribution < 1.29 is 37.2 Å². The van der Waals surface area contributed by atoms with Crippen molar-refractivity contribution in [1.29, 1.82) is 0 Å². The van der Waals surface area contributed by atoms with Crippen LogP contribution in [-0.4, -0.2) is 47.9 Å². The van der Waals surface area contributed by atoms with Gasteiger partial charge >= 0.3 is 12.1 Å². The summed E-state index contributed by atoms with van der Waals surface area (Å²) in [5, 5.41) is 7.42. The van der Waals surface area contributed by atoms with Crippen molar-refractivity contribution in [1.82, 2.24) is 15.6 Å². The summed E-state index contributed by atoms with van der Waals surface area (Å²) in [4.78, 5) is 36.4. The third-order valence-corrected chi connectivity index (χ3v) is 5.53. The number of esters is 1. The van der Waals surface area contributed by atoms with Gasteiger partial charge in [0, 0.05) is 37.1 Å². The summed E-state index contributed by atoms with van der Waals surface area (Å²) in [7, 11) is 1.26. The van der Waals surface area contributed by atoms with Gasteiger partial charge in [0.15, 0.2) is 23.2 Å². The van der Waals surface area contributed by atoms with Gasteiger partial charge in [-0.3, -0.25) is 19.9 Å². The highest BCUT2D eigenvalue weighted by Crippen LogP contribution is 2.22. The smallest absolute Gasteiger partial charge is 0.412 e. The van der Waals surface area contributed by atoms with Gasteiger partial charge in [-0.2, -0.15) is 0 Å². The number of hydrazine groups is 1. The molecule has 38 heavy (non-hydrogen) atoms. The van der Waals surface area contributed by atoms with Crippen molar-refractivity contribution in [3.63, 3.8) is 0 Å². The Morgan fingerprint density at radius 2 is 1.87 bits per heavy atom. The maximum absolute atomic E-state index is 14.1. The van der Waals surface area contributed by atoms with Gasteiger partial charge in [-0.25, -0.2) is 19.0 Å². The molecule has 0 unspecified atom stereocenters. The van der Waals surface area contributed by atoms with Crippen LogP contribution in [0.25, 0.3) is 11.3 Å². The van der Waals surface area contributed by atoms with Crippen LogP contribution in [0.1, 0.15) is 31.7 Å². The molecule has 2 aromatic carbocycles. The Morgan fingerprint density at radius 3 is 2.58 bits per heavy atom. The van der Waals surface area contributed by atoms with E-state index in [1.807, 2.05) is 30.3 Å². The molecule has 0 saturated heterocycles. The predicted molar refractivity (Wildman–Crippen MR) is 132 cm³/mol. The van der Waals surface area contributed by atoms with Crippen molar-refractivity contribution in [2.24, 2.45) is 0 Å². The molecule has 0 spiro atoms. The van der Waals surface area contributed by atoms with Crippen LogP contribution in [0.4, 0.5) is 19.4 Å². The molecule has 202 valence electrons. The summed E-state index contributed by atoms with van der Waals surface area (Å²) in [5.41, 5.74) is 3.54. The van der Waals surface area contributed by atoms with Crippen LogP contribution in [0.15, 0.2) is 59.1 Å². The van der Waals surface area contributed by atoms with Crippen LogP contribution >= 0.6 is 0 Å². The van der Waals surface area contributed by atoms with Crippen molar-refractivity contribution in [3.8, 4) is 11.3 Å². The maximum Gasteiger partial charge on any atom is 0.412 e. The van der Waals surface area contributed by atoms with Gasteiger partial charge in [0.25, 0.3) is 0 Å². The number of benzene rings is 2. The van der Waals surface area contributed by atoms with Gasteiger partial charge < -0.3 is 14.0 Å². The Labute approximate surface area is 217 Å². The number of methoxy groups -OCH3 is 1. The molecule has 3 aromatic rings. The van der Waals surface area contributed by atoms with Crippen LogP contribution in [0.5, 0.6) is 0 Å². The molecule has 1 heterocycles. The Kier molecular flexibility index (Phi) is 10.3. The Hall–Kier alpha value is -4.32. The summed E-state index contributed by atoms with van der Waals surface area (Å²) in [6.07, 6.45) is -0.227. The molecule has 2 N–H and O–H groups in total. The molecule has 10 nitrogen and oxygen atoms in total. The van der Waals surface area contributed by atoms with Crippen LogP contribution < -0.4 is 10.7 Å². The third-order valence-electron chi connectivity index (χ3n) is 5.53. The molecule has 1 atom stereocenters. The lowest BCUT2D eigenvalue weighted by molar-refractivity contribution is -0.140. The normalized spacial score (nSPS) is 11.5. The Bertz CT molecular complexity index is 1240. The van der Waals surface area contributed by atoms with Crippen molar-refractivity contribution in [2.45, 2.75) is 38.8 Å². The lowest BCUT2D eigenvalue weighted by atomic mass is 10.1. The lowest BCUT2D eigenvalue weighted by Gasteiger charge is -2.31. The average Bonchev–Trinajstić information content (AvgIpc) is 3.37. The molecule has 0 bridgehead atoms. The van der Waals surface area contributed by atoms with E-state index in [1.54, 1.807) is 0 Å². The van der Waals surface area contributed by atoms with E-state index in [0.717, 1.165) is 11.6 Å². The summed E-state index contributed by atoms with van der Waals surface area (Å²) in [5.74, 6) is -2.39. The highest BCUT2D eigenvalue weighted by atomic mass is 19.2. The van der Waals surface area contributed by atoms with E-state index in [9.17, 15) is 23.2 Å². The summed E-state index contributed by atoms with van der Waals surface area (Å²) >= 11 is 0. The number of nitrogens with zero attached hydrogens (tertiary/aromatic N) is 2. The first-order valence-corrected chi connectivity index (χ1v) is 11.8. The maximum atomic E-state index is 14.1. The molecule has 0 saturated carbocycles. The number of nitrogens with one attached hydrogen (secondary N) is 2. The number of carbonyl (C=O) groups excluding carboxylic acids is 3. The van der Waals surface area contributed by atoms with E-state index in [2.05, 4.69) is 20.6 Å². The molecule has 2 amide bonds. The first-order valence-electron chi connectivity index (χ1n) is 11.8. The highest BCUT2D eigenvalue weighted by Gasteiger charge is 2.24. The Morgan fingerprint density at radius 1 is 1.11 bits per heavy atom. The van der Waals surface area contributed by atoms with E-state index in [-0.39, 0.29) is 37.4 Å². The van der Waals surface area contributed by atoms with Crippen LogP contribution in [0.3, 0.4) is 0 Å². The second-order valence-corrected chi connectivity index (χ2v) is 8.22. The number of hydrogen-bond donors (Lipinski definition) is 2. The summed E-state index contributed by atoms with van der Waals surface area (Å²) < 4.78 is 42.9. The SMILES string of the molecule is COC(=O)CCC[C@@H](COC(=O)Nc1cc(-c2ccccc2)on1)N(NCc1cccc(F)c1F)C(C)=O. The minimum absolute atomic E-state index is 0.00322. The summed E-state index contributed by atoms with van der Waals surface area (Å²) in [6.45, 7) is 0.793. The second-order valence-electron chi connectivity index (χ2n) is 8.22. The molecule has 3 rings (SSSR count). The van der Waals surface area contributed by atoms with Crippen molar-refractivity contribution in [2.75, 3.05) is 19.0 Å². The first-order chi connectivity index (χ1) is 18.3. The van der Waals surface area contributed by atoms with Gasteiger partial charge in [-0.15, -0.1) is 0 Å². The van der Waals surface area contributed by atoms with E-state index in [4.69, 9.17) is 9.26 Å².